The van der Waals surface area contributed by atoms with Crippen LogP contribution in [0.15, 0.2) is 42.5 Å². The number of fused-ring (bicyclic) bond motifs is 1. The van der Waals surface area contributed by atoms with E-state index in [4.69, 9.17) is 14.2 Å². The minimum atomic E-state index is -1.04. The van der Waals surface area contributed by atoms with E-state index >= 15 is 0 Å². The minimum Gasteiger partial charge on any atom is -0.497 e. The average molecular weight is 339 g/mol. The van der Waals surface area contributed by atoms with E-state index in [1.165, 1.54) is 14.2 Å². The molecule has 0 aliphatic rings. The zero-order valence-electron chi connectivity index (χ0n) is 14.1. The van der Waals surface area contributed by atoms with Crippen LogP contribution in [-0.2, 0) is 0 Å². The minimum absolute atomic E-state index is 0.142. The number of carboxylic acids is 1. The number of hydrogen-bond donors (Lipinski definition) is 1. The first-order chi connectivity index (χ1) is 12.1. The Kier molecular flexibility index (Phi) is 4.43. The topological polar surface area (TPSA) is 77.9 Å². The molecule has 25 heavy (non-hydrogen) atoms. The third-order valence-electron chi connectivity index (χ3n) is 3.91. The lowest BCUT2D eigenvalue weighted by atomic mass is 10.0. The van der Waals surface area contributed by atoms with E-state index in [9.17, 15) is 9.90 Å². The molecule has 1 N–H and O–H groups in total. The fourth-order valence-electron chi connectivity index (χ4n) is 2.66. The largest absolute Gasteiger partial charge is 0.497 e. The first-order valence-corrected chi connectivity index (χ1v) is 7.52. The van der Waals surface area contributed by atoms with E-state index in [2.05, 4.69) is 4.98 Å². The summed E-state index contributed by atoms with van der Waals surface area (Å²) in [6, 6.07) is 12.1. The quantitative estimate of drug-likeness (QED) is 0.765. The third-order valence-corrected chi connectivity index (χ3v) is 3.91. The van der Waals surface area contributed by atoms with Gasteiger partial charge in [0, 0.05) is 17.0 Å². The van der Waals surface area contributed by atoms with Crippen molar-refractivity contribution < 1.29 is 24.1 Å². The Bertz CT molecular complexity index is 952. The first-order valence-electron chi connectivity index (χ1n) is 7.52. The monoisotopic (exact) mass is 339 g/mol. The molecule has 0 atom stereocenters. The van der Waals surface area contributed by atoms with Gasteiger partial charge in [-0.1, -0.05) is 12.1 Å². The summed E-state index contributed by atoms with van der Waals surface area (Å²) in [5.41, 5.74) is 1.95. The maximum atomic E-state index is 11.8. The van der Waals surface area contributed by atoms with Crippen molar-refractivity contribution in [3.63, 3.8) is 0 Å². The normalized spacial score (nSPS) is 10.5. The van der Waals surface area contributed by atoms with Gasteiger partial charge >= 0.3 is 5.97 Å². The maximum Gasteiger partial charge on any atom is 0.336 e. The number of aromatic nitrogens is 1. The summed E-state index contributed by atoms with van der Waals surface area (Å²) in [6.07, 6.45) is 0. The number of benzene rings is 2. The molecule has 0 saturated carbocycles. The van der Waals surface area contributed by atoms with Gasteiger partial charge in [-0.2, -0.15) is 0 Å². The van der Waals surface area contributed by atoms with Crippen molar-refractivity contribution >= 4 is 16.9 Å². The predicted octanol–water partition coefficient (Wildman–Crippen LogP) is 3.63. The van der Waals surface area contributed by atoms with Crippen molar-refractivity contribution in [3.05, 3.63) is 48.0 Å². The number of methoxy groups -OCH3 is 3. The second kappa shape index (κ2) is 6.68. The van der Waals surface area contributed by atoms with Gasteiger partial charge in [0.2, 0.25) is 0 Å². The zero-order valence-corrected chi connectivity index (χ0v) is 14.1. The Balaban J connectivity index is 2.29. The van der Waals surface area contributed by atoms with Crippen LogP contribution in [0.4, 0.5) is 0 Å². The van der Waals surface area contributed by atoms with Gasteiger partial charge in [0.1, 0.15) is 5.75 Å². The van der Waals surface area contributed by atoms with Gasteiger partial charge in [-0.25, -0.2) is 9.78 Å². The number of aromatic carboxylic acids is 1. The van der Waals surface area contributed by atoms with Crippen LogP contribution in [0.3, 0.4) is 0 Å². The molecule has 0 radical (unpaired) electrons. The summed E-state index contributed by atoms with van der Waals surface area (Å²) in [6.45, 7) is 0. The Hall–Kier alpha value is -3.28. The Labute approximate surface area is 144 Å². The number of hydrogen-bond acceptors (Lipinski definition) is 5. The summed E-state index contributed by atoms with van der Waals surface area (Å²) in [5, 5.41) is 10.1. The molecule has 0 fully saturated rings. The van der Waals surface area contributed by atoms with Crippen LogP contribution in [0.1, 0.15) is 10.4 Å². The smallest absolute Gasteiger partial charge is 0.336 e. The summed E-state index contributed by atoms with van der Waals surface area (Å²) in [5.74, 6) is 0.572. The first kappa shape index (κ1) is 16.6. The van der Waals surface area contributed by atoms with Gasteiger partial charge in [-0.05, 0) is 24.3 Å². The van der Waals surface area contributed by atoms with E-state index in [0.717, 1.165) is 5.56 Å². The van der Waals surface area contributed by atoms with Crippen molar-refractivity contribution in [1.82, 2.24) is 4.98 Å². The summed E-state index contributed by atoms with van der Waals surface area (Å²) in [7, 11) is 4.60. The molecule has 0 aliphatic carbocycles. The van der Waals surface area contributed by atoms with Crippen molar-refractivity contribution in [2.75, 3.05) is 21.3 Å². The molecular weight excluding hydrogens is 322 g/mol. The fraction of sp³-hybridized carbons (Fsp3) is 0.158. The highest BCUT2D eigenvalue weighted by atomic mass is 16.5. The van der Waals surface area contributed by atoms with Gasteiger partial charge < -0.3 is 19.3 Å². The average Bonchev–Trinajstić information content (AvgIpc) is 2.65. The van der Waals surface area contributed by atoms with E-state index in [-0.39, 0.29) is 5.56 Å². The third kappa shape index (κ3) is 3.06. The summed E-state index contributed by atoms with van der Waals surface area (Å²) in [4.78, 5) is 16.3. The standard InChI is InChI=1S/C19H17NO5/c1-23-12-6-4-5-11(7-12)15-8-14(19(21)22)13-9-17(24-2)18(25-3)10-16(13)20-15/h4-10H,1-3H3,(H,21,22). The van der Waals surface area contributed by atoms with Crippen molar-refractivity contribution in [3.8, 4) is 28.5 Å². The summed E-state index contributed by atoms with van der Waals surface area (Å²) < 4.78 is 15.8. The molecular formula is C19H17NO5. The highest BCUT2D eigenvalue weighted by molar-refractivity contribution is 6.04. The lowest BCUT2D eigenvalue weighted by Crippen LogP contribution is -2.01. The lowest BCUT2D eigenvalue weighted by Gasteiger charge is -2.12. The number of ether oxygens (including phenoxy) is 3. The SMILES string of the molecule is COc1cccc(-c2cc(C(=O)O)c3cc(OC)c(OC)cc3n2)c1. The Morgan fingerprint density at radius 3 is 2.32 bits per heavy atom. The van der Waals surface area contributed by atoms with Crippen LogP contribution in [0.25, 0.3) is 22.2 Å². The van der Waals surface area contributed by atoms with Crippen LogP contribution < -0.4 is 14.2 Å². The van der Waals surface area contributed by atoms with E-state index in [0.29, 0.717) is 33.8 Å². The fourth-order valence-corrected chi connectivity index (χ4v) is 2.66. The van der Waals surface area contributed by atoms with Crippen LogP contribution in [0.5, 0.6) is 17.2 Å². The Morgan fingerprint density at radius 1 is 0.960 bits per heavy atom. The van der Waals surface area contributed by atoms with E-state index in [1.807, 2.05) is 18.2 Å². The molecule has 3 aromatic rings. The number of carboxylic acid groups (broad SMARTS) is 1. The van der Waals surface area contributed by atoms with Gasteiger partial charge in [-0.15, -0.1) is 0 Å². The van der Waals surface area contributed by atoms with Crippen molar-refractivity contribution in [1.29, 1.82) is 0 Å². The van der Waals surface area contributed by atoms with Crippen LogP contribution in [0, 0.1) is 0 Å². The molecule has 6 nitrogen and oxygen atoms in total. The van der Waals surface area contributed by atoms with Crippen LogP contribution in [-0.4, -0.2) is 37.4 Å². The zero-order chi connectivity index (χ0) is 18.0. The second-order valence-electron chi connectivity index (χ2n) is 5.32. The molecule has 0 amide bonds. The second-order valence-corrected chi connectivity index (χ2v) is 5.32. The highest BCUT2D eigenvalue weighted by Crippen LogP contribution is 2.35. The number of pyridine rings is 1. The molecule has 3 rings (SSSR count). The lowest BCUT2D eigenvalue weighted by molar-refractivity contribution is 0.0699. The van der Waals surface area contributed by atoms with Gasteiger partial charge in [0.15, 0.2) is 11.5 Å². The van der Waals surface area contributed by atoms with Crippen LogP contribution in [0.2, 0.25) is 0 Å². The van der Waals surface area contributed by atoms with Crippen molar-refractivity contribution in [2.24, 2.45) is 0 Å². The summed E-state index contributed by atoms with van der Waals surface area (Å²) >= 11 is 0. The number of rotatable bonds is 5. The van der Waals surface area contributed by atoms with Gasteiger partial charge in [0.25, 0.3) is 0 Å². The molecule has 128 valence electrons. The maximum absolute atomic E-state index is 11.8. The molecule has 6 heteroatoms. The molecule has 0 aliphatic heterocycles. The number of carbonyl (C=O) groups is 1. The Morgan fingerprint density at radius 2 is 1.68 bits per heavy atom. The molecule has 1 aromatic heterocycles. The van der Waals surface area contributed by atoms with E-state index < -0.39 is 5.97 Å². The highest BCUT2D eigenvalue weighted by Gasteiger charge is 2.16. The van der Waals surface area contributed by atoms with Crippen LogP contribution >= 0.6 is 0 Å². The van der Waals surface area contributed by atoms with E-state index in [1.54, 1.807) is 31.4 Å². The molecule has 0 spiro atoms. The molecule has 0 saturated heterocycles. The van der Waals surface area contributed by atoms with Gasteiger partial charge in [0.05, 0.1) is 38.1 Å². The molecule has 2 aromatic carbocycles. The number of nitrogens with zero attached hydrogens (tertiary/aromatic N) is 1. The molecule has 1 heterocycles. The molecule has 0 unspecified atom stereocenters. The molecule has 0 bridgehead atoms. The predicted molar refractivity (Wildman–Crippen MR) is 93.8 cm³/mol. The van der Waals surface area contributed by atoms with Gasteiger partial charge in [-0.3, -0.25) is 0 Å². The van der Waals surface area contributed by atoms with Crippen molar-refractivity contribution in [2.45, 2.75) is 0 Å².